The van der Waals surface area contributed by atoms with Crippen LogP contribution in [-0.4, -0.2) is 33.9 Å². The molecule has 0 spiro atoms. The van der Waals surface area contributed by atoms with Gasteiger partial charge in [0.15, 0.2) is 9.84 Å². The highest BCUT2D eigenvalue weighted by atomic mass is 32.2. The third-order valence-electron chi connectivity index (χ3n) is 3.74. The van der Waals surface area contributed by atoms with E-state index in [2.05, 4.69) is 4.72 Å². The monoisotopic (exact) mass is 331 g/mol. The fourth-order valence-electron chi connectivity index (χ4n) is 2.51. The summed E-state index contributed by atoms with van der Waals surface area (Å²) in [5.74, 6) is 0.203. The van der Waals surface area contributed by atoms with Crippen LogP contribution in [0.25, 0.3) is 0 Å². The highest BCUT2D eigenvalue weighted by Gasteiger charge is 2.41. The van der Waals surface area contributed by atoms with Gasteiger partial charge < -0.3 is 0 Å². The first-order chi connectivity index (χ1) is 9.53. The Morgan fingerprint density at radius 3 is 2.19 bits per heavy atom. The highest BCUT2D eigenvalue weighted by molar-refractivity contribution is 7.92. The summed E-state index contributed by atoms with van der Waals surface area (Å²) < 4.78 is 50.4. The maximum atomic E-state index is 12.4. The first-order valence-corrected chi connectivity index (χ1v) is 10.2. The van der Waals surface area contributed by atoms with Crippen molar-refractivity contribution in [3.63, 3.8) is 0 Å². The van der Waals surface area contributed by atoms with Crippen LogP contribution >= 0.6 is 0 Å². The first kappa shape index (κ1) is 16.5. The largest absolute Gasteiger partial charge is 0.241 e. The topological polar surface area (TPSA) is 80.3 Å². The third kappa shape index (κ3) is 3.84. The van der Waals surface area contributed by atoms with Crippen molar-refractivity contribution in [1.82, 2.24) is 4.72 Å². The van der Waals surface area contributed by atoms with Crippen LogP contribution in [-0.2, 0) is 19.9 Å². The van der Waals surface area contributed by atoms with Crippen molar-refractivity contribution < 1.29 is 16.8 Å². The van der Waals surface area contributed by atoms with E-state index in [0.29, 0.717) is 12.3 Å². The molecule has 0 aliphatic carbocycles. The van der Waals surface area contributed by atoms with Crippen LogP contribution in [0.1, 0.15) is 38.7 Å². The van der Waals surface area contributed by atoms with E-state index in [1.807, 2.05) is 13.8 Å². The molecular formula is C14H21NO4S2. The molecule has 0 radical (unpaired) electrons. The number of benzene rings is 1. The average molecular weight is 331 g/mol. The zero-order valence-electron chi connectivity index (χ0n) is 12.5. The molecule has 1 saturated heterocycles. The minimum absolute atomic E-state index is 0.0261. The van der Waals surface area contributed by atoms with E-state index in [1.165, 1.54) is 0 Å². The van der Waals surface area contributed by atoms with E-state index in [-0.39, 0.29) is 16.4 Å². The second-order valence-corrected chi connectivity index (χ2v) is 10.1. The molecule has 0 aromatic heterocycles. The summed E-state index contributed by atoms with van der Waals surface area (Å²) in [5, 5.41) is 0. The molecule has 118 valence electrons. The van der Waals surface area contributed by atoms with Crippen molar-refractivity contribution in [2.24, 2.45) is 0 Å². The molecule has 1 atom stereocenters. The maximum absolute atomic E-state index is 12.4. The summed E-state index contributed by atoms with van der Waals surface area (Å²) in [6.45, 7) is 5.70. The van der Waals surface area contributed by atoms with Gasteiger partial charge in [-0.15, -0.1) is 0 Å². The number of sulfonamides is 1. The SMILES string of the molecule is CC(C)c1ccc(S(=O)(=O)N[C@@]2(C)CCS(=O)(=O)C2)cc1. The van der Waals surface area contributed by atoms with Gasteiger partial charge in [0.25, 0.3) is 0 Å². The van der Waals surface area contributed by atoms with E-state index < -0.39 is 25.4 Å². The smallest absolute Gasteiger partial charge is 0.229 e. The Balaban J connectivity index is 2.23. The lowest BCUT2D eigenvalue weighted by atomic mass is 10.0. The van der Waals surface area contributed by atoms with Crippen LogP contribution < -0.4 is 4.72 Å². The molecule has 1 fully saturated rings. The molecule has 5 nitrogen and oxygen atoms in total. The predicted octanol–water partition coefficient (Wildman–Crippen LogP) is 1.67. The van der Waals surface area contributed by atoms with Crippen molar-refractivity contribution >= 4 is 19.9 Å². The zero-order chi connectivity index (χ0) is 15.9. The molecule has 1 aliphatic heterocycles. The average Bonchev–Trinajstić information content (AvgIpc) is 2.62. The van der Waals surface area contributed by atoms with Gasteiger partial charge in [0.05, 0.1) is 16.4 Å². The van der Waals surface area contributed by atoms with Crippen LogP contribution in [0, 0.1) is 0 Å². The molecule has 1 N–H and O–H groups in total. The lowest BCUT2D eigenvalue weighted by Gasteiger charge is -2.23. The number of hydrogen-bond donors (Lipinski definition) is 1. The summed E-state index contributed by atoms with van der Waals surface area (Å²) in [5.41, 5.74) is 0.137. The molecule has 0 saturated carbocycles. The fraction of sp³-hybridized carbons (Fsp3) is 0.571. The van der Waals surface area contributed by atoms with Gasteiger partial charge >= 0.3 is 0 Å². The van der Waals surface area contributed by atoms with Crippen LogP contribution in [0.4, 0.5) is 0 Å². The number of rotatable bonds is 4. The zero-order valence-corrected chi connectivity index (χ0v) is 14.1. The summed E-state index contributed by atoms with van der Waals surface area (Å²) in [6.07, 6.45) is 0.304. The first-order valence-electron chi connectivity index (χ1n) is 6.87. The Hall–Kier alpha value is -0.920. The van der Waals surface area contributed by atoms with Crippen LogP contribution in [0.3, 0.4) is 0 Å². The van der Waals surface area contributed by atoms with Gasteiger partial charge in [0.1, 0.15) is 0 Å². The predicted molar refractivity (Wildman–Crippen MR) is 82.5 cm³/mol. The van der Waals surface area contributed by atoms with Crippen molar-refractivity contribution in [1.29, 1.82) is 0 Å². The standard InChI is InChI=1S/C14H21NO4S2/c1-11(2)12-4-6-13(7-5-12)21(18,19)15-14(3)8-9-20(16,17)10-14/h4-7,11,15H,8-10H2,1-3H3/t14-/m0/s1. The van der Waals surface area contributed by atoms with Crippen LogP contribution in [0.15, 0.2) is 29.2 Å². The van der Waals surface area contributed by atoms with Crippen molar-refractivity contribution in [2.75, 3.05) is 11.5 Å². The number of sulfone groups is 1. The van der Waals surface area contributed by atoms with Gasteiger partial charge in [-0.25, -0.2) is 21.6 Å². The molecular weight excluding hydrogens is 310 g/mol. The van der Waals surface area contributed by atoms with Crippen molar-refractivity contribution in [3.05, 3.63) is 29.8 Å². The Kier molecular flexibility index (Phi) is 4.21. The Morgan fingerprint density at radius 2 is 1.76 bits per heavy atom. The van der Waals surface area contributed by atoms with Gasteiger partial charge in [0.2, 0.25) is 10.0 Å². The normalized spacial score (nSPS) is 25.3. The lowest BCUT2D eigenvalue weighted by molar-refractivity contribution is 0.462. The number of nitrogens with one attached hydrogen (secondary N) is 1. The van der Waals surface area contributed by atoms with Gasteiger partial charge in [-0.05, 0) is 37.0 Å². The number of hydrogen-bond acceptors (Lipinski definition) is 4. The maximum Gasteiger partial charge on any atom is 0.241 e. The van der Waals surface area contributed by atoms with E-state index >= 15 is 0 Å². The van der Waals surface area contributed by atoms with Crippen molar-refractivity contribution in [2.45, 2.75) is 43.5 Å². The quantitative estimate of drug-likeness (QED) is 0.910. The van der Waals surface area contributed by atoms with Crippen LogP contribution in [0.5, 0.6) is 0 Å². The molecule has 1 aliphatic rings. The van der Waals surface area contributed by atoms with Crippen molar-refractivity contribution in [3.8, 4) is 0 Å². The molecule has 0 amide bonds. The summed E-state index contributed by atoms with van der Waals surface area (Å²) in [4.78, 5) is 0.164. The summed E-state index contributed by atoms with van der Waals surface area (Å²) >= 11 is 0. The van der Waals surface area contributed by atoms with E-state index in [1.54, 1.807) is 31.2 Å². The van der Waals surface area contributed by atoms with E-state index in [9.17, 15) is 16.8 Å². The fourth-order valence-corrected chi connectivity index (χ4v) is 6.13. The molecule has 1 aromatic carbocycles. The third-order valence-corrected chi connectivity index (χ3v) is 7.30. The van der Waals surface area contributed by atoms with Gasteiger partial charge in [-0.1, -0.05) is 26.0 Å². The second kappa shape index (κ2) is 5.37. The minimum atomic E-state index is -3.71. The molecule has 7 heteroatoms. The summed E-state index contributed by atoms with van der Waals surface area (Å²) in [7, 11) is -6.86. The van der Waals surface area contributed by atoms with E-state index in [4.69, 9.17) is 0 Å². The Morgan fingerprint density at radius 1 is 1.19 bits per heavy atom. The highest BCUT2D eigenvalue weighted by Crippen LogP contribution is 2.26. The molecule has 0 bridgehead atoms. The lowest BCUT2D eigenvalue weighted by Crippen LogP contribution is -2.46. The van der Waals surface area contributed by atoms with E-state index in [0.717, 1.165) is 5.56 Å². The molecule has 21 heavy (non-hydrogen) atoms. The molecule has 1 heterocycles. The minimum Gasteiger partial charge on any atom is -0.229 e. The molecule has 1 aromatic rings. The Labute approximate surface area is 126 Å². The molecule has 0 unspecified atom stereocenters. The second-order valence-electron chi connectivity index (χ2n) is 6.23. The van der Waals surface area contributed by atoms with Gasteiger partial charge in [-0.2, -0.15) is 0 Å². The molecule has 2 rings (SSSR count). The Bertz CT molecular complexity index is 721. The van der Waals surface area contributed by atoms with Gasteiger partial charge in [-0.3, -0.25) is 0 Å². The van der Waals surface area contributed by atoms with Gasteiger partial charge in [0, 0.05) is 5.54 Å². The summed E-state index contributed by atoms with van der Waals surface area (Å²) in [6, 6.07) is 6.69. The van der Waals surface area contributed by atoms with Crippen LogP contribution in [0.2, 0.25) is 0 Å².